The first kappa shape index (κ1) is 14.3. The summed E-state index contributed by atoms with van der Waals surface area (Å²) in [5.41, 5.74) is 8.09. The first-order valence-electron chi connectivity index (χ1n) is 5.88. The standard InChI is InChI=1S/C12H12N2OS.C2H6/c1-8(15)14-11-7-9(4-5-10(11)13)12-3-2-6-16-12;1-2/h2-7H,13H2,1H3,(H,14,15);1-2H3. The molecule has 0 fully saturated rings. The lowest BCUT2D eigenvalue weighted by Crippen LogP contribution is -2.07. The SMILES string of the molecule is CC.CC(=O)Nc1cc(-c2cccs2)ccc1N. The average molecular weight is 262 g/mol. The maximum atomic E-state index is 11.0. The van der Waals surface area contributed by atoms with Crippen molar-refractivity contribution in [2.24, 2.45) is 0 Å². The molecule has 0 aliphatic rings. The summed E-state index contributed by atoms with van der Waals surface area (Å²) in [6.45, 7) is 5.47. The molecule has 1 aromatic carbocycles. The number of nitrogen functional groups attached to an aromatic ring is 1. The largest absolute Gasteiger partial charge is 0.397 e. The van der Waals surface area contributed by atoms with Gasteiger partial charge in [0.25, 0.3) is 0 Å². The van der Waals surface area contributed by atoms with E-state index in [2.05, 4.69) is 5.32 Å². The highest BCUT2D eigenvalue weighted by molar-refractivity contribution is 7.13. The van der Waals surface area contributed by atoms with Crippen LogP contribution < -0.4 is 11.1 Å². The minimum absolute atomic E-state index is 0.116. The van der Waals surface area contributed by atoms with Gasteiger partial charge in [-0.3, -0.25) is 4.79 Å². The van der Waals surface area contributed by atoms with Crippen molar-refractivity contribution in [1.82, 2.24) is 0 Å². The smallest absolute Gasteiger partial charge is 0.221 e. The molecule has 0 saturated carbocycles. The Morgan fingerprint density at radius 1 is 1.28 bits per heavy atom. The molecule has 0 spiro atoms. The summed E-state index contributed by atoms with van der Waals surface area (Å²) in [5.74, 6) is -0.116. The van der Waals surface area contributed by atoms with E-state index in [9.17, 15) is 4.79 Å². The predicted octanol–water partition coefficient (Wildman–Crippen LogP) is 3.98. The van der Waals surface area contributed by atoms with Gasteiger partial charge in [-0.1, -0.05) is 26.0 Å². The van der Waals surface area contributed by atoms with Crippen LogP contribution in [0.25, 0.3) is 10.4 Å². The normalized spacial score (nSPS) is 9.28. The third kappa shape index (κ3) is 3.60. The van der Waals surface area contributed by atoms with Crippen molar-refractivity contribution in [1.29, 1.82) is 0 Å². The summed E-state index contributed by atoms with van der Waals surface area (Å²) < 4.78 is 0. The molecule has 2 aromatic rings. The lowest BCUT2D eigenvalue weighted by molar-refractivity contribution is -0.114. The lowest BCUT2D eigenvalue weighted by atomic mass is 10.1. The van der Waals surface area contributed by atoms with Crippen molar-refractivity contribution in [2.45, 2.75) is 20.8 Å². The summed E-state index contributed by atoms with van der Waals surface area (Å²) in [4.78, 5) is 12.2. The van der Waals surface area contributed by atoms with Gasteiger partial charge in [0.1, 0.15) is 0 Å². The molecule has 0 radical (unpaired) electrons. The number of carbonyl (C=O) groups excluding carboxylic acids is 1. The van der Waals surface area contributed by atoms with Gasteiger partial charge in [0.05, 0.1) is 11.4 Å². The van der Waals surface area contributed by atoms with Crippen LogP contribution in [0.2, 0.25) is 0 Å². The van der Waals surface area contributed by atoms with E-state index in [4.69, 9.17) is 5.73 Å². The quantitative estimate of drug-likeness (QED) is 0.804. The Labute approximate surface area is 112 Å². The molecule has 2 rings (SSSR count). The fourth-order valence-electron chi connectivity index (χ4n) is 1.45. The van der Waals surface area contributed by atoms with Gasteiger partial charge in [-0.05, 0) is 29.1 Å². The van der Waals surface area contributed by atoms with Crippen molar-refractivity contribution >= 4 is 28.6 Å². The predicted molar refractivity (Wildman–Crippen MR) is 79.8 cm³/mol. The maximum absolute atomic E-state index is 11.0. The molecule has 3 nitrogen and oxygen atoms in total. The third-order valence-corrected chi connectivity index (χ3v) is 3.09. The molecule has 0 aliphatic heterocycles. The number of rotatable bonds is 2. The van der Waals surface area contributed by atoms with Crippen molar-refractivity contribution in [3.8, 4) is 10.4 Å². The van der Waals surface area contributed by atoms with Crippen LogP contribution in [0.15, 0.2) is 35.7 Å². The van der Waals surface area contributed by atoms with Crippen molar-refractivity contribution in [2.75, 3.05) is 11.1 Å². The van der Waals surface area contributed by atoms with Crippen molar-refractivity contribution in [3.63, 3.8) is 0 Å². The van der Waals surface area contributed by atoms with E-state index in [-0.39, 0.29) is 5.91 Å². The van der Waals surface area contributed by atoms with Gasteiger partial charge < -0.3 is 11.1 Å². The van der Waals surface area contributed by atoms with E-state index in [1.54, 1.807) is 17.4 Å². The van der Waals surface area contributed by atoms with Crippen molar-refractivity contribution < 1.29 is 4.79 Å². The fourth-order valence-corrected chi connectivity index (χ4v) is 2.17. The molecule has 0 unspecified atom stereocenters. The van der Waals surface area contributed by atoms with Crippen molar-refractivity contribution in [3.05, 3.63) is 35.7 Å². The molecule has 0 aliphatic carbocycles. The number of nitrogens with one attached hydrogen (secondary N) is 1. The van der Waals surface area contributed by atoms with E-state index >= 15 is 0 Å². The van der Waals surface area contributed by atoms with Crippen LogP contribution in [0.5, 0.6) is 0 Å². The fraction of sp³-hybridized carbons (Fsp3) is 0.214. The van der Waals surface area contributed by atoms with Gasteiger partial charge in [0.2, 0.25) is 5.91 Å². The highest BCUT2D eigenvalue weighted by atomic mass is 32.1. The lowest BCUT2D eigenvalue weighted by Gasteiger charge is -2.07. The maximum Gasteiger partial charge on any atom is 0.221 e. The van der Waals surface area contributed by atoms with E-state index < -0.39 is 0 Å². The number of amides is 1. The molecule has 3 N–H and O–H groups in total. The van der Waals surface area contributed by atoms with Gasteiger partial charge in [-0.2, -0.15) is 0 Å². The number of benzene rings is 1. The Morgan fingerprint density at radius 2 is 2.00 bits per heavy atom. The zero-order valence-electron chi connectivity index (χ0n) is 10.9. The second-order valence-electron chi connectivity index (χ2n) is 3.46. The number of hydrogen-bond acceptors (Lipinski definition) is 3. The monoisotopic (exact) mass is 262 g/mol. The molecule has 0 saturated heterocycles. The van der Waals surface area contributed by atoms with Crippen LogP contribution in [-0.4, -0.2) is 5.91 Å². The summed E-state index contributed by atoms with van der Waals surface area (Å²) in [6, 6.07) is 9.68. The highest BCUT2D eigenvalue weighted by Crippen LogP contribution is 2.29. The van der Waals surface area contributed by atoms with Gasteiger partial charge in [-0.25, -0.2) is 0 Å². The first-order chi connectivity index (χ1) is 8.66. The Morgan fingerprint density at radius 3 is 2.56 bits per heavy atom. The molecule has 4 heteroatoms. The Hall–Kier alpha value is -1.81. The number of anilines is 2. The van der Waals surface area contributed by atoms with E-state index in [0.717, 1.165) is 10.4 Å². The molecule has 18 heavy (non-hydrogen) atoms. The van der Waals surface area contributed by atoms with E-state index in [0.29, 0.717) is 11.4 Å². The molecular formula is C14H18N2OS. The first-order valence-corrected chi connectivity index (χ1v) is 6.76. The summed E-state index contributed by atoms with van der Waals surface area (Å²) in [7, 11) is 0. The van der Waals surface area contributed by atoms with E-state index in [1.165, 1.54) is 6.92 Å². The van der Waals surface area contributed by atoms with Gasteiger partial charge in [-0.15, -0.1) is 11.3 Å². The minimum atomic E-state index is -0.116. The molecule has 0 atom stereocenters. The van der Waals surface area contributed by atoms with Crippen LogP contribution in [0.1, 0.15) is 20.8 Å². The zero-order valence-corrected chi connectivity index (χ0v) is 11.7. The Balaban J connectivity index is 0.000000771. The van der Waals surface area contributed by atoms with Crippen LogP contribution in [-0.2, 0) is 4.79 Å². The van der Waals surface area contributed by atoms with Crippen LogP contribution >= 0.6 is 11.3 Å². The van der Waals surface area contributed by atoms with Crippen LogP contribution in [0, 0.1) is 0 Å². The topological polar surface area (TPSA) is 55.1 Å². The minimum Gasteiger partial charge on any atom is -0.397 e. The second kappa shape index (κ2) is 6.81. The number of carbonyl (C=O) groups is 1. The number of hydrogen-bond donors (Lipinski definition) is 2. The number of nitrogens with two attached hydrogens (primary N) is 1. The Bertz CT molecular complexity index is 507. The highest BCUT2D eigenvalue weighted by Gasteiger charge is 2.04. The average Bonchev–Trinajstić information content (AvgIpc) is 2.88. The van der Waals surface area contributed by atoms with E-state index in [1.807, 2.05) is 43.5 Å². The summed E-state index contributed by atoms with van der Waals surface area (Å²) in [6.07, 6.45) is 0. The van der Waals surface area contributed by atoms with Gasteiger partial charge in [0, 0.05) is 11.8 Å². The summed E-state index contributed by atoms with van der Waals surface area (Å²) >= 11 is 1.66. The third-order valence-electron chi connectivity index (χ3n) is 2.17. The molecule has 1 aromatic heterocycles. The molecule has 1 heterocycles. The number of thiophene rings is 1. The Kier molecular flexibility index (Phi) is 5.39. The van der Waals surface area contributed by atoms with Crippen LogP contribution in [0.4, 0.5) is 11.4 Å². The van der Waals surface area contributed by atoms with Gasteiger partial charge in [0.15, 0.2) is 0 Å². The summed E-state index contributed by atoms with van der Waals surface area (Å²) in [5, 5.41) is 4.73. The second-order valence-corrected chi connectivity index (χ2v) is 4.41. The molecular weight excluding hydrogens is 244 g/mol. The van der Waals surface area contributed by atoms with Gasteiger partial charge >= 0.3 is 0 Å². The molecule has 0 bridgehead atoms. The zero-order chi connectivity index (χ0) is 13.5. The molecule has 1 amide bonds. The molecule has 96 valence electrons. The van der Waals surface area contributed by atoms with Crippen LogP contribution in [0.3, 0.4) is 0 Å².